The first kappa shape index (κ1) is 7.66. The van der Waals surface area contributed by atoms with Crippen molar-refractivity contribution in [3.63, 3.8) is 0 Å². The molecule has 0 aliphatic rings. The molecular formula is C9H9NO. The zero-order chi connectivity index (χ0) is 8.27. The average Bonchev–Trinajstić information content (AvgIpc) is 2.05. The highest BCUT2D eigenvalue weighted by Gasteiger charge is 1.99. The maximum Gasteiger partial charge on any atom is 0.203 e. The van der Waals surface area contributed by atoms with Crippen molar-refractivity contribution in [3.8, 4) is 0 Å². The minimum Gasteiger partial charge on any atom is -0.288 e. The van der Waals surface area contributed by atoms with E-state index >= 15 is 0 Å². The van der Waals surface area contributed by atoms with Crippen LogP contribution in [-0.4, -0.2) is 10.8 Å². The van der Waals surface area contributed by atoms with Gasteiger partial charge in [-0.3, -0.25) is 9.78 Å². The van der Waals surface area contributed by atoms with E-state index in [9.17, 15) is 4.79 Å². The predicted octanol–water partition coefficient (Wildman–Crippen LogP) is 1.76. The lowest BCUT2D eigenvalue weighted by atomic mass is 10.2. The standard InChI is InChI=1S/C9H9NO/c1-3-9(11)8-5-4-7(2)6-10-8/h3-6H,1H2,2H3. The fraction of sp³-hybridized carbons (Fsp3) is 0.111. The molecule has 0 saturated heterocycles. The molecule has 56 valence electrons. The summed E-state index contributed by atoms with van der Waals surface area (Å²) in [5.74, 6) is -0.134. The van der Waals surface area contributed by atoms with Gasteiger partial charge in [-0.1, -0.05) is 12.6 Å². The van der Waals surface area contributed by atoms with Crippen LogP contribution < -0.4 is 0 Å². The monoisotopic (exact) mass is 147 g/mol. The third-order valence-electron chi connectivity index (χ3n) is 1.35. The number of hydrogen-bond donors (Lipinski definition) is 0. The molecule has 1 heterocycles. The average molecular weight is 147 g/mol. The van der Waals surface area contributed by atoms with Crippen LogP contribution in [0.3, 0.4) is 0 Å². The minimum atomic E-state index is -0.134. The molecule has 0 aliphatic carbocycles. The molecule has 0 saturated carbocycles. The van der Waals surface area contributed by atoms with Crippen molar-refractivity contribution in [1.29, 1.82) is 0 Å². The lowest BCUT2D eigenvalue weighted by Gasteiger charge is -1.93. The first-order valence-electron chi connectivity index (χ1n) is 3.33. The van der Waals surface area contributed by atoms with Crippen molar-refractivity contribution >= 4 is 5.78 Å². The number of pyridine rings is 1. The van der Waals surface area contributed by atoms with Crippen LogP contribution in [0.1, 0.15) is 16.1 Å². The number of nitrogens with zero attached hydrogens (tertiary/aromatic N) is 1. The predicted molar refractivity (Wildman–Crippen MR) is 43.5 cm³/mol. The second kappa shape index (κ2) is 3.10. The van der Waals surface area contributed by atoms with Crippen molar-refractivity contribution in [1.82, 2.24) is 4.98 Å². The Hall–Kier alpha value is -1.44. The number of aryl methyl sites for hydroxylation is 1. The van der Waals surface area contributed by atoms with Gasteiger partial charge in [0.25, 0.3) is 0 Å². The molecule has 0 fully saturated rings. The molecular weight excluding hydrogens is 138 g/mol. The summed E-state index contributed by atoms with van der Waals surface area (Å²) in [6, 6.07) is 3.54. The molecule has 0 radical (unpaired) electrons. The van der Waals surface area contributed by atoms with E-state index < -0.39 is 0 Å². The van der Waals surface area contributed by atoms with Crippen LogP contribution in [0.25, 0.3) is 0 Å². The molecule has 0 spiro atoms. The normalized spacial score (nSPS) is 9.18. The van der Waals surface area contributed by atoms with Crippen molar-refractivity contribution < 1.29 is 4.79 Å². The van der Waals surface area contributed by atoms with Gasteiger partial charge in [0.2, 0.25) is 5.78 Å². The molecule has 1 aromatic heterocycles. The smallest absolute Gasteiger partial charge is 0.203 e. The summed E-state index contributed by atoms with van der Waals surface area (Å²) in [6.07, 6.45) is 2.92. The largest absolute Gasteiger partial charge is 0.288 e. The van der Waals surface area contributed by atoms with Crippen LogP contribution in [0.2, 0.25) is 0 Å². The Morgan fingerprint density at radius 2 is 2.36 bits per heavy atom. The fourth-order valence-corrected chi connectivity index (χ4v) is 0.718. The van der Waals surface area contributed by atoms with Gasteiger partial charge in [-0.2, -0.15) is 0 Å². The van der Waals surface area contributed by atoms with E-state index in [0.29, 0.717) is 5.69 Å². The van der Waals surface area contributed by atoms with Crippen molar-refractivity contribution in [2.45, 2.75) is 6.92 Å². The molecule has 2 heteroatoms. The quantitative estimate of drug-likeness (QED) is 0.471. The first-order valence-corrected chi connectivity index (χ1v) is 3.33. The van der Waals surface area contributed by atoms with E-state index in [-0.39, 0.29) is 5.78 Å². The molecule has 0 aromatic carbocycles. The second-order valence-electron chi connectivity index (χ2n) is 2.29. The van der Waals surface area contributed by atoms with Gasteiger partial charge in [0.1, 0.15) is 5.69 Å². The number of carbonyl (C=O) groups is 1. The van der Waals surface area contributed by atoms with Gasteiger partial charge in [-0.25, -0.2) is 0 Å². The maximum atomic E-state index is 10.9. The molecule has 1 aromatic rings. The maximum absolute atomic E-state index is 10.9. The zero-order valence-electron chi connectivity index (χ0n) is 6.37. The molecule has 0 atom stereocenters. The van der Waals surface area contributed by atoms with Gasteiger partial charge in [0.15, 0.2) is 0 Å². The summed E-state index contributed by atoms with van der Waals surface area (Å²) >= 11 is 0. The van der Waals surface area contributed by atoms with Gasteiger partial charge in [0, 0.05) is 6.20 Å². The van der Waals surface area contributed by atoms with Crippen LogP contribution in [0.15, 0.2) is 31.0 Å². The Kier molecular flexibility index (Phi) is 2.16. The molecule has 1 rings (SSSR count). The highest BCUT2D eigenvalue weighted by Crippen LogP contribution is 1.99. The Morgan fingerprint density at radius 1 is 1.64 bits per heavy atom. The van der Waals surface area contributed by atoms with E-state index in [1.165, 1.54) is 6.08 Å². The Labute approximate surface area is 65.6 Å². The second-order valence-corrected chi connectivity index (χ2v) is 2.29. The number of allylic oxidation sites excluding steroid dienone is 1. The molecule has 2 nitrogen and oxygen atoms in total. The van der Waals surface area contributed by atoms with Gasteiger partial charge in [0.05, 0.1) is 0 Å². The fourth-order valence-electron chi connectivity index (χ4n) is 0.718. The van der Waals surface area contributed by atoms with Crippen LogP contribution in [0.5, 0.6) is 0 Å². The van der Waals surface area contributed by atoms with Crippen LogP contribution in [0, 0.1) is 6.92 Å². The highest BCUT2D eigenvalue weighted by atomic mass is 16.1. The van der Waals surface area contributed by atoms with Crippen molar-refractivity contribution in [2.75, 3.05) is 0 Å². The van der Waals surface area contributed by atoms with Crippen LogP contribution in [-0.2, 0) is 0 Å². The van der Waals surface area contributed by atoms with E-state index in [0.717, 1.165) is 5.56 Å². The summed E-state index contributed by atoms with van der Waals surface area (Å²) in [6.45, 7) is 5.30. The molecule has 0 amide bonds. The SMILES string of the molecule is C=CC(=O)c1ccc(C)cn1. The number of ketones is 1. The van der Waals surface area contributed by atoms with Crippen molar-refractivity contribution in [3.05, 3.63) is 42.2 Å². The topological polar surface area (TPSA) is 30.0 Å². The number of carbonyl (C=O) groups excluding carboxylic acids is 1. The lowest BCUT2D eigenvalue weighted by Crippen LogP contribution is -1.96. The third kappa shape index (κ3) is 1.74. The molecule has 11 heavy (non-hydrogen) atoms. The molecule has 0 N–H and O–H groups in total. The van der Waals surface area contributed by atoms with Gasteiger partial charge < -0.3 is 0 Å². The van der Waals surface area contributed by atoms with Crippen LogP contribution >= 0.6 is 0 Å². The zero-order valence-corrected chi connectivity index (χ0v) is 6.37. The van der Waals surface area contributed by atoms with E-state index in [1.807, 2.05) is 13.0 Å². The Bertz CT molecular complexity index is 274. The summed E-state index contributed by atoms with van der Waals surface area (Å²) in [4.78, 5) is 14.9. The third-order valence-corrected chi connectivity index (χ3v) is 1.35. The number of aromatic nitrogens is 1. The summed E-state index contributed by atoms with van der Waals surface area (Å²) in [5.41, 5.74) is 1.50. The number of hydrogen-bond acceptors (Lipinski definition) is 2. The van der Waals surface area contributed by atoms with E-state index in [4.69, 9.17) is 0 Å². The molecule has 0 bridgehead atoms. The minimum absolute atomic E-state index is 0.134. The Balaban J connectivity index is 2.98. The summed E-state index contributed by atoms with van der Waals surface area (Å²) < 4.78 is 0. The van der Waals surface area contributed by atoms with Crippen LogP contribution in [0.4, 0.5) is 0 Å². The molecule has 0 aliphatic heterocycles. The Morgan fingerprint density at radius 3 is 2.82 bits per heavy atom. The summed E-state index contributed by atoms with van der Waals surface area (Å²) in [7, 11) is 0. The summed E-state index contributed by atoms with van der Waals surface area (Å²) in [5, 5.41) is 0. The van der Waals surface area contributed by atoms with E-state index in [1.54, 1.807) is 12.3 Å². The van der Waals surface area contributed by atoms with Crippen molar-refractivity contribution in [2.24, 2.45) is 0 Å². The highest BCUT2D eigenvalue weighted by molar-refractivity contribution is 6.02. The van der Waals surface area contributed by atoms with Gasteiger partial charge in [-0.15, -0.1) is 0 Å². The van der Waals surface area contributed by atoms with Gasteiger partial charge >= 0.3 is 0 Å². The van der Waals surface area contributed by atoms with Gasteiger partial charge in [-0.05, 0) is 24.6 Å². The van der Waals surface area contributed by atoms with E-state index in [2.05, 4.69) is 11.6 Å². The first-order chi connectivity index (χ1) is 5.24. The number of rotatable bonds is 2. The lowest BCUT2D eigenvalue weighted by molar-refractivity contribution is 0.104. The molecule has 0 unspecified atom stereocenters.